The summed E-state index contributed by atoms with van der Waals surface area (Å²) >= 11 is 0. The summed E-state index contributed by atoms with van der Waals surface area (Å²) in [5.74, 6) is -0.466. The number of carbonyl (C=O) groups excluding carboxylic acids is 2. The van der Waals surface area contributed by atoms with E-state index in [1.807, 2.05) is 0 Å². The summed E-state index contributed by atoms with van der Waals surface area (Å²) in [6.07, 6.45) is -1.28. The van der Waals surface area contributed by atoms with Crippen molar-refractivity contribution in [3.63, 3.8) is 0 Å². The van der Waals surface area contributed by atoms with Crippen molar-refractivity contribution < 1.29 is 23.7 Å². The van der Waals surface area contributed by atoms with Crippen LogP contribution in [0.4, 0.5) is 4.79 Å². The second-order valence-corrected chi connectivity index (χ2v) is 4.42. The molecule has 0 spiro atoms. The third-order valence-corrected chi connectivity index (χ3v) is 1.69. The smallest absolute Gasteiger partial charge is 0.407 e. The van der Waals surface area contributed by atoms with Crippen molar-refractivity contribution >= 4 is 20.1 Å². The first-order chi connectivity index (χ1) is 7.78. The standard InChI is InChI=1S/C10H18BNO5/c1-10(2,3)16-9(14)12-6-7(17-11)5-8(13)15-4/h7H,5-6H2,1-4H3,(H,12,14). The fourth-order valence-electron chi connectivity index (χ4n) is 0.949. The number of esters is 1. The van der Waals surface area contributed by atoms with Gasteiger partial charge in [0, 0.05) is 6.54 Å². The highest BCUT2D eigenvalue weighted by molar-refractivity contribution is 5.98. The van der Waals surface area contributed by atoms with Crippen molar-refractivity contribution in [2.45, 2.75) is 38.9 Å². The van der Waals surface area contributed by atoms with Crippen LogP contribution in [-0.2, 0) is 18.9 Å². The van der Waals surface area contributed by atoms with Crippen LogP contribution < -0.4 is 5.32 Å². The summed E-state index contributed by atoms with van der Waals surface area (Å²) in [5.41, 5.74) is -0.578. The number of amides is 1. The Morgan fingerprint density at radius 3 is 2.35 bits per heavy atom. The summed E-state index contributed by atoms with van der Waals surface area (Å²) in [6.45, 7) is 5.31. The number of nitrogens with one attached hydrogen (secondary N) is 1. The van der Waals surface area contributed by atoms with E-state index >= 15 is 0 Å². The van der Waals surface area contributed by atoms with Crippen LogP contribution in [0.25, 0.3) is 0 Å². The van der Waals surface area contributed by atoms with Crippen LogP contribution in [0.15, 0.2) is 0 Å². The quantitative estimate of drug-likeness (QED) is 0.563. The number of hydrogen-bond acceptors (Lipinski definition) is 5. The predicted molar refractivity (Wildman–Crippen MR) is 61.5 cm³/mol. The first-order valence-electron chi connectivity index (χ1n) is 5.17. The second-order valence-electron chi connectivity index (χ2n) is 4.42. The molecule has 0 bridgehead atoms. The van der Waals surface area contributed by atoms with Crippen molar-refractivity contribution in [3.8, 4) is 0 Å². The zero-order valence-corrected chi connectivity index (χ0v) is 10.6. The molecule has 0 aromatic rings. The van der Waals surface area contributed by atoms with Gasteiger partial charge in [-0.2, -0.15) is 0 Å². The Morgan fingerprint density at radius 2 is 1.94 bits per heavy atom. The maximum atomic E-state index is 11.3. The molecule has 0 saturated heterocycles. The van der Waals surface area contributed by atoms with Crippen LogP contribution in [0.5, 0.6) is 0 Å². The summed E-state index contributed by atoms with van der Waals surface area (Å²) in [4.78, 5) is 22.2. The first-order valence-corrected chi connectivity index (χ1v) is 5.17. The van der Waals surface area contributed by atoms with Crippen molar-refractivity contribution in [2.75, 3.05) is 13.7 Å². The van der Waals surface area contributed by atoms with Gasteiger partial charge in [-0.1, -0.05) is 0 Å². The van der Waals surface area contributed by atoms with E-state index in [0.717, 1.165) is 0 Å². The zero-order valence-electron chi connectivity index (χ0n) is 10.6. The molecule has 2 radical (unpaired) electrons. The summed E-state index contributed by atoms with van der Waals surface area (Å²) < 4.78 is 14.0. The molecule has 0 aliphatic carbocycles. The van der Waals surface area contributed by atoms with Gasteiger partial charge in [0.1, 0.15) is 5.60 Å². The van der Waals surface area contributed by atoms with E-state index in [4.69, 9.17) is 12.8 Å². The fraction of sp³-hybridized carbons (Fsp3) is 0.800. The highest BCUT2D eigenvalue weighted by Crippen LogP contribution is 2.06. The Balaban J connectivity index is 3.98. The lowest BCUT2D eigenvalue weighted by molar-refractivity contribution is -0.142. The van der Waals surface area contributed by atoms with E-state index in [1.54, 1.807) is 20.8 Å². The van der Waals surface area contributed by atoms with Gasteiger partial charge in [0.2, 0.25) is 0 Å². The van der Waals surface area contributed by atoms with Gasteiger partial charge in [-0.15, -0.1) is 0 Å². The number of ether oxygens (including phenoxy) is 2. The molecular weight excluding hydrogens is 225 g/mol. The molecule has 0 saturated carbocycles. The van der Waals surface area contributed by atoms with E-state index < -0.39 is 23.8 Å². The van der Waals surface area contributed by atoms with Gasteiger partial charge in [-0.25, -0.2) is 4.79 Å². The molecule has 0 aliphatic heterocycles. The normalized spacial score (nSPS) is 12.7. The molecule has 1 amide bonds. The van der Waals surface area contributed by atoms with Gasteiger partial charge in [0.25, 0.3) is 8.05 Å². The molecule has 1 N–H and O–H groups in total. The molecule has 0 fully saturated rings. The zero-order chi connectivity index (χ0) is 13.5. The third kappa shape index (κ3) is 8.56. The molecule has 6 nitrogen and oxygen atoms in total. The molecule has 7 heteroatoms. The second kappa shape index (κ2) is 7.16. The van der Waals surface area contributed by atoms with Crippen LogP contribution in [0.2, 0.25) is 0 Å². The monoisotopic (exact) mass is 243 g/mol. The Morgan fingerprint density at radius 1 is 1.35 bits per heavy atom. The van der Waals surface area contributed by atoms with Crippen LogP contribution in [0, 0.1) is 0 Å². The predicted octanol–water partition coefficient (Wildman–Crippen LogP) is 0.543. The van der Waals surface area contributed by atoms with Crippen LogP contribution in [0.3, 0.4) is 0 Å². The lowest BCUT2D eigenvalue weighted by Crippen LogP contribution is -2.38. The minimum absolute atomic E-state index is 0.0389. The van der Waals surface area contributed by atoms with Crippen LogP contribution in [0.1, 0.15) is 27.2 Å². The van der Waals surface area contributed by atoms with Gasteiger partial charge < -0.3 is 19.4 Å². The molecule has 17 heavy (non-hydrogen) atoms. The fourth-order valence-corrected chi connectivity index (χ4v) is 0.949. The molecule has 1 atom stereocenters. The Bertz CT molecular complexity index is 264. The molecule has 96 valence electrons. The highest BCUT2D eigenvalue weighted by atomic mass is 16.6. The van der Waals surface area contributed by atoms with Gasteiger partial charge in [-0.3, -0.25) is 4.79 Å². The van der Waals surface area contributed by atoms with E-state index in [1.165, 1.54) is 7.11 Å². The van der Waals surface area contributed by atoms with Crippen LogP contribution >= 0.6 is 0 Å². The summed E-state index contributed by atoms with van der Waals surface area (Å²) in [7, 11) is 6.25. The largest absolute Gasteiger partial charge is 0.469 e. The minimum atomic E-state index is -0.644. The average molecular weight is 243 g/mol. The van der Waals surface area contributed by atoms with Crippen molar-refractivity contribution in [2.24, 2.45) is 0 Å². The number of carbonyl (C=O) groups is 2. The van der Waals surface area contributed by atoms with Crippen LogP contribution in [-0.4, -0.2) is 45.5 Å². The maximum absolute atomic E-state index is 11.3. The molecule has 0 heterocycles. The first kappa shape index (κ1) is 15.8. The molecule has 1 unspecified atom stereocenters. The van der Waals surface area contributed by atoms with E-state index in [9.17, 15) is 9.59 Å². The molecular formula is C10H18BNO5. The summed E-state index contributed by atoms with van der Waals surface area (Å²) in [6, 6.07) is 0. The van der Waals surface area contributed by atoms with E-state index in [0.29, 0.717) is 0 Å². The lowest BCUT2D eigenvalue weighted by atomic mass is 10.2. The Hall–Kier alpha value is -1.24. The number of rotatable bonds is 5. The van der Waals surface area contributed by atoms with E-state index in [2.05, 4.69) is 14.7 Å². The SMILES string of the molecule is [B]OC(CNC(=O)OC(C)(C)C)CC(=O)OC. The Kier molecular flexibility index (Phi) is 6.64. The highest BCUT2D eigenvalue weighted by Gasteiger charge is 2.18. The number of methoxy groups -OCH3 is 1. The molecule has 0 aromatic heterocycles. The average Bonchev–Trinajstić information content (AvgIpc) is 2.21. The van der Waals surface area contributed by atoms with E-state index in [-0.39, 0.29) is 13.0 Å². The minimum Gasteiger partial charge on any atom is -0.469 e. The Labute approximate surface area is 102 Å². The van der Waals surface area contributed by atoms with Crippen molar-refractivity contribution in [3.05, 3.63) is 0 Å². The number of alkyl carbamates (subject to hydrolysis) is 1. The van der Waals surface area contributed by atoms with Gasteiger partial charge in [-0.05, 0) is 20.8 Å². The third-order valence-electron chi connectivity index (χ3n) is 1.69. The topological polar surface area (TPSA) is 73.9 Å². The number of hydrogen-bond donors (Lipinski definition) is 1. The van der Waals surface area contributed by atoms with Gasteiger partial charge in [0.05, 0.1) is 19.6 Å². The van der Waals surface area contributed by atoms with Gasteiger partial charge in [0.15, 0.2) is 0 Å². The molecule has 0 aromatic carbocycles. The molecule has 0 rings (SSSR count). The van der Waals surface area contributed by atoms with Crippen molar-refractivity contribution in [1.82, 2.24) is 5.32 Å². The van der Waals surface area contributed by atoms with Gasteiger partial charge >= 0.3 is 12.1 Å². The lowest BCUT2D eigenvalue weighted by Gasteiger charge is -2.21. The maximum Gasteiger partial charge on any atom is 0.407 e. The molecule has 0 aliphatic rings. The summed E-state index contributed by atoms with van der Waals surface area (Å²) in [5, 5.41) is 2.45. The van der Waals surface area contributed by atoms with Crippen molar-refractivity contribution in [1.29, 1.82) is 0 Å².